The summed E-state index contributed by atoms with van der Waals surface area (Å²) >= 11 is 1.45. The van der Waals surface area contributed by atoms with Gasteiger partial charge in [-0.3, -0.25) is 14.5 Å². The summed E-state index contributed by atoms with van der Waals surface area (Å²) < 4.78 is 0. The van der Waals surface area contributed by atoms with Gasteiger partial charge in [-0.1, -0.05) is 6.08 Å². The highest BCUT2D eigenvalue weighted by Gasteiger charge is 2.47. The van der Waals surface area contributed by atoms with Crippen molar-refractivity contribution in [3.8, 4) is 0 Å². The highest BCUT2D eigenvalue weighted by Crippen LogP contribution is 2.37. The molecule has 1 saturated heterocycles. The number of imide groups is 1. The van der Waals surface area contributed by atoms with E-state index in [9.17, 15) is 9.59 Å². The predicted octanol–water partition coefficient (Wildman–Crippen LogP) is 0.620. The number of thioether (sulfide) groups is 1. The molecular formula is C8H9NO2S. The van der Waals surface area contributed by atoms with Crippen molar-refractivity contribution in [2.75, 3.05) is 6.54 Å². The van der Waals surface area contributed by atoms with Gasteiger partial charge >= 0.3 is 0 Å². The van der Waals surface area contributed by atoms with Crippen molar-refractivity contribution < 1.29 is 9.59 Å². The van der Waals surface area contributed by atoms with E-state index in [1.807, 2.05) is 18.4 Å². The van der Waals surface area contributed by atoms with Crippen molar-refractivity contribution in [1.29, 1.82) is 0 Å². The number of amides is 2. The fourth-order valence-corrected chi connectivity index (χ4v) is 2.63. The van der Waals surface area contributed by atoms with Crippen LogP contribution in [0.5, 0.6) is 0 Å². The van der Waals surface area contributed by atoms with Crippen LogP contribution in [0.2, 0.25) is 0 Å². The molecule has 0 radical (unpaired) electrons. The van der Waals surface area contributed by atoms with E-state index < -0.39 is 0 Å². The lowest BCUT2D eigenvalue weighted by Gasteiger charge is -2.10. The highest BCUT2D eigenvalue weighted by atomic mass is 32.2. The number of hydrogen-bond acceptors (Lipinski definition) is 3. The molecule has 0 bridgehead atoms. The number of nitrogens with zero attached hydrogens (tertiary/aromatic N) is 1. The lowest BCUT2D eigenvalue weighted by Crippen LogP contribution is -2.31. The maximum atomic E-state index is 11.5. The van der Waals surface area contributed by atoms with Crippen molar-refractivity contribution in [3.63, 3.8) is 0 Å². The number of rotatable bonds is 1. The van der Waals surface area contributed by atoms with Gasteiger partial charge in [0.15, 0.2) is 0 Å². The van der Waals surface area contributed by atoms with Crippen LogP contribution in [0.1, 0.15) is 6.92 Å². The molecule has 2 amide bonds. The first-order valence-electron chi connectivity index (χ1n) is 3.93. The average Bonchev–Trinajstić information content (AvgIpc) is 2.58. The molecule has 0 N–H and O–H groups in total. The van der Waals surface area contributed by atoms with Crippen LogP contribution < -0.4 is 0 Å². The van der Waals surface area contributed by atoms with Crippen LogP contribution in [0.4, 0.5) is 0 Å². The molecule has 2 aliphatic heterocycles. The molecule has 0 spiro atoms. The Balaban J connectivity index is 2.30. The van der Waals surface area contributed by atoms with E-state index in [1.54, 1.807) is 0 Å². The Labute approximate surface area is 74.8 Å². The zero-order valence-electron chi connectivity index (χ0n) is 6.69. The SMILES string of the molecule is CCN1C(=O)C2C=CSC2C1=O. The smallest absolute Gasteiger partial charge is 0.243 e. The second-order valence-electron chi connectivity index (χ2n) is 2.83. The summed E-state index contributed by atoms with van der Waals surface area (Å²) in [5, 5.41) is 1.69. The molecule has 2 unspecified atom stereocenters. The van der Waals surface area contributed by atoms with E-state index in [-0.39, 0.29) is 23.0 Å². The summed E-state index contributed by atoms with van der Waals surface area (Å²) in [5.74, 6) is -0.237. The lowest BCUT2D eigenvalue weighted by molar-refractivity contribution is -0.138. The van der Waals surface area contributed by atoms with Crippen LogP contribution in [0.25, 0.3) is 0 Å². The van der Waals surface area contributed by atoms with Gasteiger partial charge in [0.2, 0.25) is 11.8 Å². The summed E-state index contributed by atoms with van der Waals surface area (Å²) in [6.45, 7) is 2.32. The molecule has 0 aromatic rings. The quantitative estimate of drug-likeness (QED) is 0.559. The molecule has 2 rings (SSSR count). The van der Waals surface area contributed by atoms with Gasteiger partial charge in [0.1, 0.15) is 5.25 Å². The molecule has 0 aromatic heterocycles. The second kappa shape index (κ2) is 2.62. The zero-order chi connectivity index (χ0) is 8.72. The zero-order valence-corrected chi connectivity index (χ0v) is 7.50. The van der Waals surface area contributed by atoms with Crippen LogP contribution in [-0.4, -0.2) is 28.5 Å². The Morgan fingerprint density at radius 1 is 1.50 bits per heavy atom. The third-order valence-corrected chi connectivity index (χ3v) is 3.32. The minimum atomic E-state index is -0.178. The van der Waals surface area contributed by atoms with E-state index in [0.717, 1.165) is 0 Å². The van der Waals surface area contributed by atoms with Gasteiger partial charge in [0.05, 0.1) is 5.92 Å². The molecule has 1 fully saturated rings. The monoisotopic (exact) mass is 183 g/mol. The van der Waals surface area contributed by atoms with Gasteiger partial charge in [-0.2, -0.15) is 0 Å². The normalized spacial score (nSPS) is 33.2. The van der Waals surface area contributed by atoms with Crippen molar-refractivity contribution in [1.82, 2.24) is 4.90 Å². The highest BCUT2D eigenvalue weighted by molar-refractivity contribution is 8.03. The van der Waals surface area contributed by atoms with Gasteiger partial charge in [-0.05, 0) is 12.3 Å². The maximum absolute atomic E-state index is 11.5. The van der Waals surface area contributed by atoms with Gasteiger partial charge in [0.25, 0.3) is 0 Å². The Kier molecular flexibility index (Phi) is 1.72. The molecule has 0 aromatic carbocycles. The number of likely N-dealkylation sites (tertiary alicyclic amines) is 1. The summed E-state index contributed by atoms with van der Waals surface area (Å²) in [6.07, 6.45) is 1.82. The molecule has 3 nitrogen and oxygen atoms in total. The fourth-order valence-electron chi connectivity index (χ4n) is 1.58. The van der Waals surface area contributed by atoms with E-state index >= 15 is 0 Å². The Morgan fingerprint density at radius 2 is 2.25 bits per heavy atom. The van der Waals surface area contributed by atoms with Crippen molar-refractivity contribution in [3.05, 3.63) is 11.5 Å². The molecule has 0 saturated carbocycles. The van der Waals surface area contributed by atoms with E-state index in [2.05, 4.69) is 0 Å². The first-order valence-corrected chi connectivity index (χ1v) is 4.87. The Bertz CT molecular complexity index is 274. The van der Waals surface area contributed by atoms with Crippen LogP contribution in [0.3, 0.4) is 0 Å². The number of carbonyl (C=O) groups excluding carboxylic acids is 2. The van der Waals surface area contributed by atoms with Crippen molar-refractivity contribution >= 4 is 23.6 Å². The summed E-state index contributed by atoms with van der Waals surface area (Å²) in [4.78, 5) is 24.3. The predicted molar refractivity (Wildman–Crippen MR) is 46.4 cm³/mol. The van der Waals surface area contributed by atoms with Crippen LogP contribution in [0.15, 0.2) is 11.5 Å². The maximum Gasteiger partial charge on any atom is 0.243 e. The van der Waals surface area contributed by atoms with Gasteiger partial charge < -0.3 is 0 Å². The third kappa shape index (κ3) is 0.843. The summed E-state index contributed by atoms with van der Waals surface area (Å²) in [5.41, 5.74) is 0. The number of fused-ring (bicyclic) bond motifs is 1. The average molecular weight is 183 g/mol. The topological polar surface area (TPSA) is 37.4 Å². The molecule has 2 heterocycles. The van der Waals surface area contributed by atoms with E-state index in [4.69, 9.17) is 0 Å². The minimum absolute atomic E-state index is 0.0255. The number of hydrogen-bond donors (Lipinski definition) is 0. The van der Waals surface area contributed by atoms with E-state index in [0.29, 0.717) is 6.54 Å². The van der Waals surface area contributed by atoms with Crippen LogP contribution in [0, 0.1) is 5.92 Å². The second-order valence-corrected chi connectivity index (χ2v) is 3.88. The fraction of sp³-hybridized carbons (Fsp3) is 0.500. The Morgan fingerprint density at radius 3 is 2.83 bits per heavy atom. The summed E-state index contributed by atoms with van der Waals surface area (Å²) in [7, 11) is 0. The lowest BCUT2D eigenvalue weighted by atomic mass is 10.1. The van der Waals surface area contributed by atoms with Crippen molar-refractivity contribution in [2.24, 2.45) is 5.92 Å². The molecule has 0 aliphatic carbocycles. The third-order valence-electron chi connectivity index (χ3n) is 2.21. The molecule has 2 aliphatic rings. The van der Waals surface area contributed by atoms with Gasteiger partial charge in [0, 0.05) is 6.54 Å². The van der Waals surface area contributed by atoms with E-state index in [1.165, 1.54) is 16.7 Å². The van der Waals surface area contributed by atoms with Crippen LogP contribution in [-0.2, 0) is 9.59 Å². The first-order chi connectivity index (χ1) is 5.75. The Hall–Kier alpha value is -0.770. The minimum Gasteiger partial charge on any atom is -0.281 e. The molecule has 12 heavy (non-hydrogen) atoms. The standard InChI is InChI=1S/C8H9NO2S/c1-2-9-7(10)5-3-4-12-6(5)8(9)11/h3-6H,2H2,1H3. The number of carbonyl (C=O) groups is 2. The molecule has 64 valence electrons. The summed E-state index contributed by atoms with van der Waals surface area (Å²) in [6, 6.07) is 0. The molecule has 2 atom stereocenters. The molecule has 4 heteroatoms. The van der Waals surface area contributed by atoms with Crippen LogP contribution >= 0.6 is 11.8 Å². The van der Waals surface area contributed by atoms with Gasteiger partial charge in [-0.15, -0.1) is 11.8 Å². The van der Waals surface area contributed by atoms with Crippen molar-refractivity contribution in [2.45, 2.75) is 12.2 Å². The van der Waals surface area contributed by atoms with Gasteiger partial charge in [-0.25, -0.2) is 0 Å². The molecular weight excluding hydrogens is 174 g/mol. The first kappa shape index (κ1) is 7.86. The largest absolute Gasteiger partial charge is 0.281 e.